The molecule has 0 bridgehead atoms. The fourth-order valence-electron chi connectivity index (χ4n) is 2.07. The molecule has 2 aromatic heterocycles. The molecule has 4 nitrogen and oxygen atoms in total. The van der Waals surface area contributed by atoms with Crippen molar-refractivity contribution in [2.75, 3.05) is 5.32 Å². The number of anilines is 1. The van der Waals surface area contributed by atoms with Crippen LogP contribution in [0, 0.1) is 0 Å². The van der Waals surface area contributed by atoms with Gasteiger partial charge in [0.15, 0.2) is 0 Å². The average Bonchev–Trinajstić information content (AvgIpc) is 2.82. The monoisotopic (exact) mass is 251 g/mol. The van der Waals surface area contributed by atoms with Crippen LogP contribution in [0.3, 0.4) is 0 Å². The lowest BCUT2D eigenvalue weighted by atomic mass is 10.1. The van der Waals surface area contributed by atoms with Crippen LogP contribution in [-0.4, -0.2) is 15.3 Å². The molecular weight excluding hydrogens is 238 g/mol. The molecule has 4 heteroatoms. The number of pyridine rings is 1. The Labute approximate surface area is 110 Å². The van der Waals surface area contributed by atoms with Crippen LogP contribution in [0.15, 0.2) is 54.9 Å². The van der Waals surface area contributed by atoms with E-state index in [0.29, 0.717) is 0 Å². The molecule has 0 saturated carbocycles. The first-order chi connectivity index (χ1) is 9.24. The van der Waals surface area contributed by atoms with Crippen molar-refractivity contribution in [1.82, 2.24) is 9.38 Å². The predicted octanol–water partition coefficient (Wildman–Crippen LogP) is 2.96. The number of hydrogen-bond donors (Lipinski definition) is 1. The van der Waals surface area contributed by atoms with E-state index in [1.165, 1.54) is 6.92 Å². The van der Waals surface area contributed by atoms with E-state index in [-0.39, 0.29) is 5.91 Å². The third-order valence-corrected chi connectivity index (χ3v) is 2.88. The lowest BCUT2D eigenvalue weighted by molar-refractivity contribution is -0.114. The van der Waals surface area contributed by atoms with Crippen LogP contribution in [0.25, 0.3) is 16.9 Å². The van der Waals surface area contributed by atoms with E-state index in [1.807, 2.05) is 59.3 Å². The van der Waals surface area contributed by atoms with E-state index in [2.05, 4.69) is 10.3 Å². The Kier molecular flexibility index (Phi) is 2.76. The van der Waals surface area contributed by atoms with Gasteiger partial charge >= 0.3 is 0 Å². The van der Waals surface area contributed by atoms with Crippen molar-refractivity contribution in [2.24, 2.45) is 0 Å². The van der Waals surface area contributed by atoms with Crippen LogP contribution in [0.1, 0.15) is 6.92 Å². The molecule has 1 N–H and O–H groups in total. The van der Waals surface area contributed by atoms with Gasteiger partial charge in [-0.25, -0.2) is 4.98 Å². The Hall–Kier alpha value is -2.62. The lowest BCUT2D eigenvalue weighted by Gasteiger charge is -2.06. The highest BCUT2D eigenvalue weighted by Gasteiger charge is 2.09. The van der Waals surface area contributed by atoms with Crippen LogP contribution in [0.2, 0.25) is 0 Å². The molecule has 0 atom stereocenters. The molecule has 94 valence electrons. The number of carbonyl (C=O) groups excluding carboxylic acids is 1. The highest BCUT2D eigenvalue weighted by molar-refractivity contribution is 5.93. The maximum Gasteiger partial charge on any atom is 0.221 e. The molecule has 1 aromatic carbocycles. The minimum Gasteiger partial charge on any atom is -0.326 e. The molecular formula is C15H13N3O. The van der Waals surface area contributed by atoms with Crippen molar-refractivity contribution < 1.29 is 4.79 Å². The van der Waals surface area contributed by atoms with Crippen LogP contribution in [0.5, 0.6) is 0 Å². The summed E-state index contributed by atoms with van der Waals surface area (Å²) in [6, 6.07) is 13.5. The van der Waals surface area contributed by atoms with Crippen LogP contribution in [-0.2, 0) is 4.79 Å². The molecule has 0 radical (unpaired) electrons. The van der Waals surface area contributed by atoms with Crippen molar-refractivity contribution >= 4 is 17.2 Å². The van der Waals surface area contributed by atoms with E-state index in [4.69, 9.17) is 0 Å². The summed E-state index contributed by atoms with van der Waals surface area (Å²) < 4.78 is 1.96. The molecule has 3 aromatic rings. The summed E-state index contributed by atoms with van der Waals surface area (Å²) in [5.41, 5.74) is 3.42. The molecule has 0 aliphatic heterocycles. The van der Waals surface area contributed by atoms with E-state index in [1.54, 1.807) is 0 Å². The second-order valence-corrected chi connectivity index (χ2v) is 4.32. The molecule has 0 fully saturated rings. The van der Waals surface area contributed by atoms with Gasteiger partial charge in [0.1, 0.15) is 5.65 Å². The smallest absolute Gasteiger partial charge is 0.221 e. The van der Waals surface area contributed by atoms with E-state index in [0.717, 1.165) is 22.6 Å². The van der Waals surface area contributed by atoms with Crippen molar-refractivity contribution in [3.05, 3.63) is 54.9 Å². The zero-order valence-corrected chi connectivity index (χ0v) is 10.5. The van der Waals surface area contributed by atoms with Crippen LogP contribution >= 0.6 is 0 Å². The first-order valence-electron chi connectivity index (χ1n) is 6.05. The zero-order valence-electron chi connectivity index (χ0n) is 10.5. The Morgan fingerprint density at radius 2 is 1.95 bits per heavy atom. The lowest BCUT2D eigenvalue weighted by Crippen LogP contribution is -2.06. The number of imidazole rings is 1. The second-order valence-electron chi connectivity index (χ2n) is 4.32. The molecule has 0 aliphatic carbocycles. The number of nitrogens with zero attached hydrogens (tertiary/aromatic N) is 2. The Bertz CT molecular complexity index is 713. The standard InChI is InChI=1S/C15H13N3O/c1-11(19)16-13-7-3-2-6-12(13)14-10-18-9-5-4-8-15(18)17-14/h2-10H,1H3,(H,16,19). The summed E-state index contributed by atoms with van der Waals surface area (Å²) in [6.07, 6.45) is 3.91. The molecule has 1 amide bonds. The number of rotatable bonds is 2. The van der Waals surface area contributed by atoms with Gasteiger partial charge in [-0.15, -0.1) is 0 Å². The third-order valence-electron chi connectivity index (χ3n) is 2.88. The number of carbonyl (C=O) groups is 1. The molecule has 0 aliphatic rings. The van der Waals surface area contributed by atoms with E-state index in [9.17, 15) is 4.79 Å². The van der Waals surface area contributed by atoms with Gasteiger partial charge in [-0.05, 0) is 18.2 Å². The van der Waals surface area contributed by atoms with Gasteiger partial charge in [-0.3, -0.25) is 4.79 Å². The number of fused-ring (bicyclic) bond motifs is 1. The summed E-state index contributed by atoms with van der Waals surface area (Å²) in [6.45, 7) is 1.50. The minimum atomic E-state index is -0.0868. The summed E-state index contributed by atoms with van der Waals surface area (Å²) in [5, 5.41) is 2.83. The highest BCUT2D eigenvalue weighted by Crippen LogP contribution is 2.27. The third kappa shape index (κ3) is 2.20. The fourth-order valence-corrected chi connectivity index (χ4v) is 2.07. The number of hydrogen-bond acceptors (Lipinski definition) is 2. The predicted molar refractivity (Wildman–Crippen MR) is 74.9 cm³/mol. The molecule has 3 rings (SSSR count). The minimum absolute atomic E-state index is 0.0868. The average molecular weight is 251 g/mol. The van der Waals surface area contributed by atoms with Crippen molar-refractivity contribution in [2.45, 2.75) is 6.92 Å². The number of benzene rings is 1. The number of aromatic nitrogens is 2. The van der Waals surface area contributed by atoms with Crippen LogP contribution in [0.4, 0.5) is 5.69 Å². The van der Waals surface area contributed by atoms with Crippen molar-refractivity contribution in [3.8, 4) is 11.3 Å². The van der Waals surface area contributed by atoms with Crippen molar-refractivity contribution in [1.29, 1.82) is 0 Å². The maximum absolute atomic E-state index is 11.2. The zero-order chi connectivity index (χ0) is 13.2. The van der Waals surface area contributed by atoms with Gasteiger partial charge in [0, 0.05) is 24.9 Å². The first-order valence-corrected chi connectivity index (χ1v) is 6.05. The highest BCUT2D eigenvalue weighted by atomic mass is 16.1. The molecule has 2 heterocycles. The normalized spacial score (nSPS) is 10.6. The Morgan fingerprint density at radius 1 is 1.16 bits per heavy atom. The maximum atomic E-state index is 11.2. The SMILES string of the molecule is CC(=O)Nc1ccccc1-c1cn2ccccc2n1. The van der Waals surface area contributed by atoms with E-state index >= 15 is 0 Å². The van der Waals surface area contributed by atoms with E-state index < -0.39 is 0 Å². The summed E-state index contributed by atoms with van der Waals surface area (Å²) in [5.74, 6) is -0.0868. The summed E-state index contributed by atoms with van der Waals surface area (Å²) in [7, 11) is 0. The molecule has 0 spiro atoms. The van der Waals surface area contributed by atoms with Crippen molar-refractivity contribution in [3.63, 3.8) is 0 Å². The largest absolute Gasteiger partial charge is 0.326 e. The number of amides is 1. The molecule has 0 unspecified atom stereocenters. The Morgan fingerprint density at radius 3 is 2.74 bits per heavy atom. The van der Waals surface area contributed by atoms with Gasteiger partial charge in [-0.2, -0.15) is 0 Å². The number of nitrogens with one attached hydrogen (secondary N) is 1. The fraction of sp³-hybridized carbons (Fsp3) is 0.0667. The van der Waals surface area contributed by atoms with Gasteiger partial charge in [0.25, 0.3) is 0 Å². The summed E-state index contributed by atoms with van der Waals surface area (Å²) in [4.78, 5) is 15.8. The van der Waals surface area contributed by atoms with Gasteiger partial charge < -0.3 is 9.72 Å². The van der Waals surface area contributed by atoms with Gasteiger partial charge in [0.2, 0.25) is 5.91 Å². The first kappa shape index (κ1) is 11.5. The topological polar surface area (TPSA) is 46.4 Å². The van der Waals surface area contributed by atoms with Gasteiger partial charge in [-0.1, -0.05) is 24.3 Å². The molecule has 0 saturated heterocycles. The van der Waals surface area contributed by atoms with Crippen LogP contribution < -0.4 is 5.32 Å². The molecule has 19 heavy (non-hydrogen) atoms. The Balaban J connectivity index is 2.13. The quantitative estimate of drug-likeness (QED) is 0.761. The second kappa shape index (κ2) is 4.57. The summed E-state index contributed by atoms with van der Waals surface area (Å²) >= 11 is 0. The number of para-hydroxylation sites is 1. The van der Waals surface area contributed by atoms with Gasteiger partial charge in [0.05, 0.1) is 11.4 Å².